The number of hydrogen-bond donors (Lipinski definition) is 0. The van der Waals surface area contributed by atoms with Crippen LogP contribution in [-0.4, -0.2) is 39.2 Å². The van der Waals surface area contributed by atoms with Crippen LogP contribution in [0.4, 0.5) is 0 Å². The van der Waals surface area contributed by atoms with Gasteiger partial charge in [0, 0.05) is 16.3 Å². The van der Waals surface area contributed by atoms with Crippen molar-refractivity contribution in [3.8, 4) is 44.5 Å². The first-order valence-electron chi connectivity index (χ1n) is 17.5. The Labute approximate surface area is 297 Å². The Morgan fingerprint density at radius 3 is 1.42 bits per heavy atom. The van der Waals surface area contributed by atoms with E-state index in [2.05, 4.69) is 173 Å². The normalized spacial score (nSPS) is 11.6. The summed E-state index contributed by atoms with van der Waals surface area (Å²) in [4.78, 5) is 0. The molecule has 0 radical (unpaired) electrons. The van der Waals surface area contributed by atoms with Gasteiger partial charge in [-0.1, -0.05) is 132 Å². The molecule has 9 rings (SSSR count). The lowest BCUT2D eigenvalue weighted by Crippen LogP contribution is -2.55. The van der Waals surface area contributed by atoms with Gasteiger partial charge in [-0.15, -0.1) is 16.4 Å². The number of rotatable bonds is 4. The molecule has 0 aliphatic rings. The van der Waals surface area contributed by atoms with Gasteiger partial charge in [0.25, 0.3) is 0 Å². The van der Waals surface area contributed by atoms with E-state index < -0.39 is 0 Å². The Morgan fingerprint density at radius 2 is 0.800 bits per heavy atom. The standard InChI is InChI=1S/C44H33B5O/c45-40-39(41(46)43(48)44(49)42(40)47)37-30-17-6-4-15-28(30)35(29-16-5-7-18-31(29)37)25-13-10-14-26(23-25)36-27(24-11-2-1-3-12-24)21-22-34-38(36)32-19-8-9-20-33(32)50-34/h1-23H,45-49H2. The molecule has 50 heavy (non-hydrogen) atoms. The smallest absolute Gasteiger partial charge is 0.139 e. The third-order valence-electron chi connectivity index (χ3n) is 11.2. The summed E-state index contributed by atoms with van der Waals surface area (Å²) in [6.45, 7) is 0. The van der Waals surface area contributed by atoms with Crippen LogP contribution in [0.3, 0.4) is 0 Å². The van der Waals surface area contributed by atoms with Gasteiger partial charge in [0.05, 0.1) is 0 Å². The quantitative estimate of drug-likeness (QED) is 0.213. The monoisotopic (exact) mass is 632 g/mol. The van der Waals surface area contributed by atoms with Crippen molar-refractivity contribution >= 4 is 110 Å². The van der Waals surface area contributed by atoms with Gasteiger partial charge >= 0.3 is 0 Å². The minimum Gasteiger partial charge on any atom is -0.456 e. The molecule has 9 aromatic rings. The van der Waals surface area contributed by atoms with Crippen LogP contribution in [0, 0.1) is 0 Å². The summed E-state index contributed by atoms with van der Waals surface area (Å²) in [5, 5.41) is 7.39. The Balaban J connectivity index is 1.37. The van der Waals surface area contributed by atoms with Crippen molar-refractivity contribution in [1.82, 2.24) is 0 Å². The molecule has 1 nitrogen and oxygen atoms in total. The third kappa shape index (κ3) is 4.55. The van der Waals surface area contributed by atoms with E-state index in [-0.39, 0.29) is 0 Å². The van der Waals surface area contributed by atoms with Gasteiger partial charge in [0.1, 0.15) is 50.4 Å². The number of para-hydroxylation sites is 1. The van der Waals surface area contributed by atoms with E-state index in [9.17, 15) is 0 Å². The van der Waals surface area contributed by atoms with Crippen LogP contribution in [0.1, 0.15) is 0 Å². The minimum atomic E-state index is 0.904. The maximum absolute atomic E-state index is 6.43. The number of hydrogen-bond acceptors (Lipinski definition) is 1. The molecule has 8 aromatic carbocycles. The summed E-state index contributed by atoms with van der Waals surface area (Å²) in [6, 6.07) is 50.6. The molecule has 0 unspecified atom stereocenters. The largest absolute Gasteiger partial charge is 0.456 e. The molecular weight excluding hydrogens is 599 g/mol. The van der Waals surface area contributed by atoms with Gasteiger partial charge in [-0.05, 0) is 78.7 Å². The molecule has 1 heterocycles. The van der Waals surface area contributed by atoms with E-state index in [0.717, 1.165) is 21.9 Å². The van der Waals surface area contributed by atoms with E-state index in [0.29, 0.717) is 0 Å². The molecule has 0 aliphatic heterocycles. The number of fused-ring (bicyclic) bond motifs is 5. The fourth-order valence-electron chi connectivity index (χ4n) is 8.39. The summed E-state index contributed by atoms with van der Waals surface area (Å²) in [5.41, 5.74) is 18.6. The molecule has 6 heteroatoms. The second-order valence-electron chi connectivity index (χ2n) is 13.7. The van der Waals surface area contributed by atoms with E-state index in [1.807, 2.05) is 6.07 Å². The molecule has 0 bridgehead atoms. The third-order valence-corrected chi connectivity index (χ3v) is 11.2. The van der Waals surface area contributed by atoms with Crippen LogP contribution in [0.15, 0.2) is 144 Å². The minimum absolute atomic E-state index is 0.904. The molecule has 0 spiro atoms. The Morgan fingerprint density at radius 1 is 0.320 bits per heavy atom. The van der Waals surface area contributed by atoms with Crippen molar-refractivity contribution in [2.45, 2.75) is 0 Å². The lowest BCUT2D eigenvalue weighted by Gasteiger charge is -2.24. The maximum Gasteiger partial charge on any atom is 0.139 e. The second-order valence-corrected chi connectivity index (χ2v) is 13.7. The van der Waals surface area contributed by atoms with E-state index in [1.54, 1.807) is 0 Å². The highest BCUT2D eigenvalue weighted by Crippen LogP contribution is 2.46. The fraction of sp³-hybridized carbons (Fsp3) is 0. The SMILES string of the molecule is Bc1c(B)c(B)c(-c2c3ccccc3c(-c3cccc(-c4c(-c5ccccc5)ccc5oc6ccccc6c45)c3)c3ccccc23)c(B)c1B. The van der Waals surface area contributed by atoms with Gasteiger partial charge in [-0.25, -0.2) is 0 Å². The van der Waals surface area contributed by atoms with Crippen LogP contribution in [0.2, 0.25) is 0 Å². The highest BCUT2D eigenvalue weighted by molar-refractivity contribution is 6.69. The highest BCUT2D eigenvalue weighted by atomic mass is 16.3. The van der Waals surface area contributed by atoms with Gasteiger partial charge in [-0.2, -0.15) is 0 Å². The first-order valence-corrected chi connectivity index (χ1v) is 17.5. The highest BCUT2D eigenvalue weighted by Gasteiger charge is 2.22. The summed E-state index contributed by atoms with van der Waals surface area (Å²) >= 11 is 0. The lowest BCUT2D eigenvalue weighted by atomic mass is 9.59. The summed E-state index contributed by atoms with van der Waals surface area (Å²) in [6.07, 6.45) is 0. The summed E-state index contributed by atoms with van der Waals surface area (Å²) in [5.74, 6) is 0. The molecular formula is C44H33B5O. The Hall–Kier alpha value is -5.60. The van der Waals surface area contributed by atoms with Crippen LogP contribution in [0.5, 0.6) is 0 Å². The predicted molar refractivity (Wildman–Crippen MR) is 231 cm³/mol. The van der Waals surface area contributed by atoms with Gasteiger partial charge in [-0.3, -0.25) is 0 Å². The van der Waals surface area contributed by atoms with Crippen LogP contribution < -0.4 is 27.3 Å². The van der Waals surface area contributed by atoms with Gasteiger partial charge in [0.15, 0.2) is 0 Å². The van der Waals surface area contributed by atoms with Crippen LogP contribution in [0.25, 0.3) is 88.0 Å². The van der Waals surface area contributed by atoms with Crippen LogP contribution >= 0.6 is 0 Å². The predicted octanol–water partition coefficient (Wildman–Crippen LogP) is 3.85. The lowest BCUT2D eigenvalue weighted by molar-refractivity contribution is 0.669. The van der Waals surface area contributed by atoms with Crippen molar-refractivity contribution in [2.24, 2.45) is 0 Å². The van der Waals surface area contributed by atoms with E-state index >= 15 is 0 Å². The van der Waals surface area contributed by atoms with E-state index in [1.165, 1.54) is 93.4 Å². The van der Waals surface area contributed by atoms with Crippen molar-refractivity contribution in [2.75, 3.05) is 0 Å². The van der Waals surface area contributed by atoms with Crippen molar-refractivity contribution < 1.29 is 4.42 Å². The molecule has 0 saturated carbocycles. The maximum atomic E-state index is 6.43. The van der Waals surface area contributed by atoms with E-state index in [4.69, 9.17) is 4.42 Å². The Kier molecular flexibility index (Phi) is 7.18. The molecule has 0 aliphatic carbocycles. The molecule has 0 amide bonds. The molecule has 0 saturated heterocycles. The van der Waals surface area contributed by atoms with Gasteiger partial charge in [0.2, 0.25) is 0 Å². The Bertz CT molecular complexity index is 2730. The van der Waals surface area contributed by atoms with Crippen LogP contribution in [-0.2, 0) is 0 Å². The first-order chi connectivity index (χ1) is 24.4. The molecule has 1 aromatic heterocycles. The zero-order chi connectivity index (χ0) is 34.1. The second kappa shape index (κ2) is 11.8. The molecule has 0 fully saturated rings. The zero-order valence-electron chi connectivity index (χ0n) is 29.2. The summed E-state index contributed by atoms with van der Waals surface area (Å²) in [7, 11) is 11.4. The molecule has 0 atom stereocenters. The van der Waals surface area contributed by atoms with Crippen molar-refractivity contribution in [1.29, 1.82) is 0 Å². The average Bonchev–Trinajstić information content (AvgIpc) is 3.55. The average molecular weight is 632 g/mol. The number of benzene rings is 8. The topological polar surface area (TPSA) is 13.1 Å². The van der Waals surface area contributed by atoms with Crippen molar-refractivity contribution in [3.63, 3.8) is 0 Å². The van der Waals surface area contributed by atoms with Crippen molar-refractivity contribution in [3.05, 3.63) is 140 Å². The summed E-state index contributed by atoms with van der Waals surface area (Å²) < 4.78 is 6.43. The molecule has 230 valence electrons. The first kappa shape index (κ1) is 30.5. The zero-order valence-corrected chi connectivity index (χ0v) is 29.2. The van der Waals surface area contributed by atoms with Gasteiger partial charge < -0.3 is 4.42 Å². The number of furan rings is 1. The fourth-order valence-corrected chi connectivity index (χ4v) is 8.39. The molecule has 0 N–H and O–H groups in total.